The second-order valence-electron chi connectivity index (χ2n) is 6.33. The van der Waals surface area contributed by atoms with Crippen molar-refractivity contribution in [3.8, 4) is 0 Å². The third-order valence-electron chi connectivity index (χ3n) is 5.12. The number of para-hydroxylation sites is 1. The largest absolute Gasteiger partial charge is 0.337 e. The maximum atomic E-state index is 12.8. The minimum Gasteiger partial charge on any atom is -0.337 e. The molecular weight excluding hydrogens is 272 g/mol. The number of aromatic nitrogens is 1. The number of aryl methyl sites for hydroxylation is 1. The van der Waals surface area contributed by atoms with Gasteiger partial charge in [0.25, 0.3) is 0 Å². The smallest absolute Gasteiger partial charge is 0.182 e. The average Bonchev–Trinajstić information content (AvgIpc) is 2.87. The molecule has 0 radical (unpaired) electrons. The number of hydrogen-bond donors (Lipinski definition) is 0. The highest BCUT2D eigenvalue weighted by atomic mass is 16.1. The summed E-state index contributed by atoms with van der Waals surface area (Å²) in [5.41, 5.74) is 3.48. The van der Waals surface area contributed by atoms with Crippen molar-refractivity contribution in [2.24, 2.45) is 5.92 Å². The van der Waals surface area contributed by atoms with Crippen LogP contribution in [0.4, 0.5) is 0 Å². The van der Waals surface area contributed by atoms with Gasteiger partial charge in [-0.25, -0.2) is 0 Å². The first-order chi connectivity index (χ1) is 10.7. The monoisotopic (exact) mass is 298 g/mol. The number of likely N-dealkylation sites (N-methyl/N-ethyl adjacent to an activating group) is 1. The van der Waals surface area contributed by atoms with Crippen molar-refractivity contribution in [1.29, 1.82) is 0 Å². The van der Waals surface area contributed by atoms with Crippen molar-refractivity contribution in [3.63, 3.8) is 0 Å². The van der Waals surface area contributed by atoms with Gasteiger partial charge >= 0.3 is 0 Å². The lowest BCUT2D eigenvalue weighted by molar-refractivity contribution is 0.0903. The molecule has 0 saturated heterocycles. The summed E-state index contributed by atoms with van der Waals surface area (Å²) in [5, 5.41) is 1.28. The fourth-order valence-corrected chi connectivity index (χ4v) is 3.65. The normalized spacial score (nSPS) is 18.2. The van der Waals surface area contributed by atoms with Gasteiger partial charge in [-0.3, -0.25) is 4.79 Å². The van der Waals surface area contributed by atoms with Crippen LogP contribution in [0.25, 0.3) is 10.9 Å². The van der Waals surface area contributed by atoms with E-state index < -0.39 is 0 Å². The average molecular weight is 298 g/mol. The van der Waals surface area contributed by atoms with Gasteiger partial charge in [0.05, 0.1) is 5.69 Å². The Balaban J connectivity index is 2.06. The van der Waals surface area contributed by atoms with Gasteiger partial charge in [0.2, 0.25) is 0 Å². The molecule has 0 N–H and O–H groups in total. The highest BCUT2D eigenvalue weighted by Crippen LogP contribution is 2.34. The van der Waals surface area contributed by atoms with E-state index in [2.05, 4.69) is 54.5 Å². The lowest BCUT2D eigenvalue weighted by atomic mass is 9.87. The van der Waals surface area contributed by atoms with Crippen LogP contribution in [0.15, 0.2) is 24.3 Å². The molecule has 0 bridgehead atoms. The molecule has 0 amide bonds. The first-order valence-electron chi connectivity index (χ1n) is 8.54. The molecule has 1 aromatic heterocycles. The Kier molecular flexibility index (Phi) is 4.34. The summed E-state index contributed by atoms with van der Waals surface area (Å²) in [6.07, 6.45) is 2.01. The molecule has 3 rings (SSSR count). The number of rotatable bonds is 5. The molecule has 1 heterocycles. The second kappa shape index (κ2) is 6.25. The van der Waals surface area contributed by atoms with Gasteiger partial charge in [-0.15, -0.1) is 0 Å². The topological polar surface area (TPSA) is 25.2 Å². The molecule has 0 fully saturated rings. The summed E-state index contributed by atoms with van der Waals surface area (Å²) in [4.78, 5) is 15.2. The molecule has 2 aromatic rings. The summed E-state index contributed by atoms with van der Waals surface area (Å²) in [6, 6.07) is 8.49. The quantitative estimate of drug-likeness (QED) is 0.840. The first-order valence-corrected chi connectivity index (χ1v) is 8.54. The van der Waals surface area contributed by atoms with Gasteiger partial charge in [0.15, 0.2) is 5.78 Å². The van der Waals surface area contributed by atoms with Crippen LogP contribution in [0.5, 0.6) is 0 Å². The zero-order chi connectivity index (χ0) is 15.7. The zero-order valence-electron chi connectivity index (χ0n) is 13.9. The number of Topliss-reactive ketones (excluding diaryl/α,β-unsaturated/α-hetero) is 1. The highest BCUT2D eigenvalue weighted by molar-refractivity contribution is 6.05. The van der Waals surface area contributed by atoms with E-state index in [4.69, 9.17) is 0 Å². The third kappa shape index (κ3) is 2.48. The molecule has 118 valence electrons. The van der Waals surface area contributed by atoms with Gasteiger partial charge < -0.3 is 9.47 Å². The first kappa shape index (κ1) is 15.3. The van der Waals surface area contributed by atoms with E-state index in [0.717, 1.165) is 44.7 Å². The predicted molar refractivity (Wildman–Crippen MR) is 91.5 cm³/mol. The Bertz CT molecular complexity index is 682. The Morgan fingerprint density at radius 2 is 1.95 bits per heavy atom. The van der Waals surface area contributed by atoms with E-state index in [1.54, 1.807) is 0 Å². The minimum absolute atomic E-state index is 0.156. The maximum Gasteiger partial charge on any atom is 0.182 e. The van der Waals surface area contributed by atoms with Crippen molar-refractivity contribution in [1.82, 2.24) is 9.47 Å². The number of ketones is 1. The number of carbonyl (C=O) groups is 1. The van der Waals surface area contributed by atoms with Crippen LogP contribution >= 0.6 is 0 Å². The Morgan fingerprint density at radius 3 is 2.68 bits per heavy atom. The maximum absolute atomic E-state index is 12.8. The number of fused-ring (bicyclic) bond motifs is 3. The standard InChI is InChI=1S/C19H26N2O/c1-4-20(5-2)12-13-21-17-9-7-6-8-15(17)16-11-10-14(3)19(22)18(16)21/h6-9,14H,4-5,10-13H2,1-3H3. The molecule has 1 aliphatic rings. The summed E-state index contributed by atoms with van der Waals surface area (Å²) in [5.74, 6) is 0.487. The Morgan fingerprint density at radius 1 is 1.23 bits per heavy atom. The fourth-order valence-electron chi connectivity index (χ4n) is 3.65. The van der Waals surface area contributed by atoms with Gasteiger partial charge in [-0.1, -0.05) is 39.0 Å². The SMILES string of the molecule is CCN(CC)CCn1c2c(c3ccccc31)CCC(C)C2=O. The van der Waals surface area contributed by atoms with Gasteiger partial charge in [-0.05, 0) is 37.6 Å². The van der Waals surface area contributed by atoms with Crippen LogP contribution < -0.4 is 0 Å². The van der Waals surface area contributed by atoms with Crippen molar-refractivity contribution in [2.45, 2.75) is 40.2 Å². The van der Waals surface area contributed by atoms with Crippen molar-refractivity contribution in [3.05, 3.63) is 35.5 Å². The van der Waals surface area contributed by atoms with E-state index in [9.17, 15) is 4.79 Å². The molecule has 1 atom stereocenters. The van der Waals surface area contributed by atoms with E-state index in [1.807, 2.05) is 0 Å². The van der Waals surface area contributed by atoms with E-state index in [-0.39, 0.29) is 5.92 Å². The lowest BCUT2D eigenvalue weighted by Gasteiger charge is -2.22. The molecule has 3 heteroatoms. The van der Waals surface area contributed by atoms with Crippen molar-refractivity contribution in [2.75, 3.05) is 19.6 Å². The molecule has 1 aromatic carbocycles. The second-order valence-corrected chi connectivity index (χ2v) is 6.33. The summed E-state index contributed by atoms with van der Waals surface area (Å²) < 4.78 is 2.28. The molecule has 0 aliphatic heterocycles. The highest BCUT2D eigenvalue weighted by Gasteiger charge is 2.30. The summed E-state index contributed by atoms with van der Waals surface area (Å²) in [7, 11) is 0. The van der Waals surface area contributed by atoms with E-state index in [1.165, 1.54) is 16.5 Å². The number of benzene rings is 1. The molecule has 22 heavy (non-hydrogen) atoms. The summed E-state index contributed by atoms with van der Waals surface area (Å²) in [6.45, 7) is 10.5. The van der Waals surface area contributed by atoms with Gasteiger partial charge in [0, 0.05) is 29.9 Å². The van der Waals surface area contributed by atoms with Crippen LogP contribution in [0.2, 0.25) is 0 Å². The Labute approximate surface area is 132 Å². The van der Waals surface area contributed by atoms with Crippen LogP contribution in [0.3, 0.4) is 0 Å². The van der Waals surface area contributed by atoms with Crippen molar-refractivity contribution >= 4 is 16.7 Å². The van der Waals surface area contributed by atoms with Crippen LogP contribution in [0.1, 0.15) is 43.2 Å². The molecule has 1 unspecified atom stereocenters. The third-order valence-corrected chi connectivity index (χ3v) is 5.12. The van der Waals surface area contributed by atoms with Crippen molar-refractivity contribution < 1.29 is 4.79 Å². The van der Waals surface area contributed by atoms with E-state index in [0.29, 0.717) is 5.78 Å². The molecule has 3 nitrogen and oxygen atoms in total. The van der Waals surface area contributed by atoms with Crippen LogP contribution in [-0.4, -0.2) is 34.9 Å². The number of nitrogens with zero attached hydrogens (tertiary/aromatic N) is 2. The zero-order valence-corrected chi connectivity index (χ0v) is 13.9. The molecule has 1 aliphatic carbocycles. The lowest BCUT2D eigenvalue weighted by Crippen LogP contribution is -2.29. The Hall–Kier alpha value is -1.61. The molecule has 0 spiro atoms. The van der Waals surface area contributed by atoms with Crippen LogP contribution in [-0.2, 0) is 13.0 Å². The van der Waals surface area contributed by atoms with Gasteiger partial charge in [0.1, 0.15) is 0 Å². The summed E-state index contributed by atoms with van der Waals surface area (Å²) >= 11 is 0. The minimum atomic E-state index is 0.156. The molecule has 0 saturated carbocycles. The van der Waals surface area contributed by atoms with Gasteiger partial charge in [-0.2, -0.15) is 0 Å². The number of carbonyl (C=O) groups excluding carboxylic acids is 1. The van der Waals surface area contributed by atoms with Crippen LogP contribution in [0, 0.1) is 5.92 Å². The van der Waals surface area contributed by atoms with E-state index >= 15 is 0 Å². The molecular formula is C19H26N2O. The fraction of sp³-hybridized carbons (Fsp3) is 0.526. The number of hydrogen-bond acceptors (Lipinski definition) is 2. The predicted octanol–water partition coefficient (Wildman–Crippen LogP) is 3.75.